The van der Waals surface area contributed by atoms with E-state index >= 15 is 0 Å². The third-order valence-corrected chi connectivity index (χ3v) is 1.88. The van der Waals surface area contributed by atoms with Gasteiger partial charge >= 0.3 is 12.0 Å². The summed E-state index contributed by atoms with van der Waals surface area (Å²) in [6, 6.07) is -1.57. The first-order chi connectivity index (χ1) is 7.34. The van der Waals surface area contributed by atoms with Crippen LogP contribution in [0.3, 0.4) is 0 Å². The number of rotatable bonds is 6. The number of urea groups is 1. The molecule has 0 aliphatic heterocycles. The van der Waals surface area contributed by atoms with Crippen LogP contribution in [0, 0.1) is 5.92 Å². The van der Waals surface area contributed by atoms with Crippen molar-refractivity contribution in [3.8, 4) is 0 Å². The van der Waals surface area contributed by atoms with E-state index in [-0.39, 0.29) is 18.9 Å². The van der Waals surface area contributed by atoms with Crippen molar-refractivity contribution in [3.05, 3.63) is 0 Å². The lowest BCUT2D eigenvalue weighted by atomic mass is 10.1. The molecule has 7 heteroatoms. The maximum Gasteiger partial charge on any atom is 0.326 e. The number of carbonyl (C=O) groups excluding carboxylic acids is 2. The van der Waals surface area contributed by atoms with Gasteiger partial charge in [0.25, 0.3) is 0 Å². The molecule has 0 aromatic carbocycles. The summed E-state index contributed by atoms with van der Waals surface area (Å²) in [5, 5.41) is 13.4. The van der Waals surface area contributed by atoms with Crippen molar-refractivity contribution in [2.75, 3.05) is 6.54 Å². The Hall–Kier alpha value is -1.79. The molecule has 0 aliphatic carbocycles. The fourth-order valence-corrected chi connectivity index (χ4v) is 1.01. The first kappa shape index (κ1) is 14.2. The predicted octanol–water partition coefficient (Wildman–Crippen LogP) is -0.730. The Kier molecular flexibility index (Phi) is 5.91. The molecule has 0 fully saturated rings. The lowest BCUT2D eigenvalue weighted by Crippen LogP contribution is -2.49. The standard InChI is InChI=1S/C9H17N3O4/c1-5(2)7(8(14)15)12-9(16)11-4-3-6(10)13/h5,7H,3-4H2,1-2H3,(H2,10,13)(H,14,15)(H2,11,12,16)/t7-/m0/s1. The average Bonchev–Trinajstić information content (AvgIpc) is 2.12. The fraction of sp³-hybridized carbons (Fsp3) is 0.667. The highest BCUT2D eigenvalue weighted by atomic mass is 16.4. The van der Waals surface area contributed by atoms with Crippen LogP contribution in [0.25, 0.3) is 0 Å². The van der Waals surface area contributed by atoms with Gasteiger partial charge in [0.15, 0.2) is 0 Å². The van der Waals surface area contributed by atoms with E-state index in [2.05, 4.69) is 10.6 Å². The quantitative estimate of drug-likeness (QED) is 0.481. The van der Waals surface area contributed by atoms with Crippen LogP contribution in [0.5, 0.6) is 0 Å². The second kappa shape index (κ2) is 6.65. The van der Waals surface area contributed by atoms with Gasteiger partial charge in [-0.1, -0.05) is 13.8 Å². The second-order valence-corrected chi connectivity index (χ2v) is 3.68. The van der Waals surface area contributed by atoms with E-state index in [9.17, 15) is 14.4 Å². The summed E-state index contributed by atoms with van der Waals surface area (Å²) in [4.78, 5) is 32.3. The zero-order valence-electron chi connectivity index (χ0n) is 9.32. The van der Waals surface area contributed by atoms with Gasteiger partial charge in [0.1, 0.15) is 6.04 Å². The molecular formula is C9H17N3O4. The molecule has 92 valence electrons. The minimum absolute atomic E-state index is 0.0207. The van der Waals surface area contributed by atoms with Crippen LogP contribution >= 0.6 is 0 Å². The van der Waals surface area contributed by atoms with Crippen LogP contribution in [-0.4, -0.2) is 35.6 Å². The molecule has 1 atom stereocenters. The van der Waals surface area contributed by atoms with E-state index in [4.69, 9.17) is 10.8 Å². The number of hydrogen-bond acceptors (Lipinski definition) is 3. The van der Waals surface area contributed by atoms with E-state index in [1.165, 1.54) is 0 Å². The second-order valence-electron chi connectivity index (χ2n) is 3.68. The number of aliphatic carboxylic acids is 1. The zero-order valence-corrected chi connectivity index (χ0v) is 9.32. The van der Waals surface area contributed by atoms with Crippen molar-refractivity contribution in [2.24, 2.45) is 11.7 Å². The van der Waals surface area contributed by atoms with Crippen molar-refractivity contribution in [1.29, 1.82) is 0 Å². The molecule has 0 unspecified atom stereocenters. The summed E-state index contributed by atoms with van der Waals surface area (Å²) in [5.41, 5.74) is 4.87. The Balaban J connectivity index is 4.01. The van der Waals surface area contributed by atoms with E-state index < -0.39 is 23.9 Å². The van der Waals surface area contributed by atoms with Crippen LogP contribution in [0.1, 0.15) is 20.3 Å². The molecule has 0 heterocycles. The predicted molar refractivity (Wildman–Crippen MR) is 56.6 cm³/mol. The van der Waals surface area contributed by atoms with E-state index in [1.54, 1.807) is 13.8 Å². The maximum atomic E-state index is 11.2. The number of hydrogen-bond donors (Lipinski definition) is 4. The van der Waals surface area contributed by atoms with Gasteiger partial charge in [-0.15, -0.1) is 0 Å². The van der Waals surface area contributed by atoms with E-state index in [0.717, 1.165) is 0 Å². The van der Waals surface area contributed by atoms with Crippen molar-refractivity contribution in [2.45, 2.75) is 26.3 Å². The number of primary amides is 1. The SMILES string of the molecule is CC(C)[C@H](NC(=O)NCCC(N)=O)C(=O)O. The molecule has 0 saturated heterocycles. The van der Waals surface area contributed by atoms with Gasteiger partial charge in [0.05, 0.1) is 0 Å². The lowest BCUT2D eigenvalue weighted by Gasteiger charge is -2.18. The molecule has 0 aromatic rings. The first-order valence-electron chi connectivity index (χ1n) is 4.90. The highest BCUT2D eigenvalue weighted by Crippen LogP contribution is 2.00. The maximum absolute atomic E-state index is 11.2. The third kappa shape index (κ3) is 5.84. The van der Waals surface area contributed by atoms with Gasteiger partial charge < -0.3 is 21.5 Å². The van der Waals surface area contributed by atoms with Crippen LogP contribution < -0.4 is 16.4 Å². The third-order valence-electron chi connectivity index (χ3n) is 1.88. The van der Waals surface area contributed by atoms with Crippen molar-refractivity contribution in [1.82, 2.24) is 10.6 Å². The smallest absolute Gasteiger partial charge is 0.326 e. The molecule has 0 saturated carbocycles. The molecule has 0 aliphatic rings. The van der Waals surface area contributed by atoms with Crippen molar-refractivity contribution < 1.29 is 19.5 Å². The topological polar surface area (TPSA) is 122 Å². The molecule has 5 N–H and O–H groups in total. The molecule has 3 amide bonds. The van der Waals surface area contributed by atoms with Crippen molar-refractivity contribution >= 4 is 17.9 Å². The van der Waals surface area contributed by atoms with E-state index in [0.29, 0.717) is 0 Å². The Morgan fingerprint density at radius 1 is 1.31 bits per heavy atom. The summed E-state index contributed by atoms with van der Waals surface area (Å²) < 4.78 is 0. The van der Waals surface area contributed by atoms with Gasteiger partial charge in [0, 0.05) is 13.0 Å². The normalized spacial score (nSPS) is 11.9. The highest BCUT2D eigenvalue weighted by Gasteiger charge is 2.22. The van der Waals surface area contributed by atoms with E-state index in [1.807, 2.05) is 0 Å². The van der Waals surface area contributed by atoms with Crippen LogP contribution in [0.15, 0.2) is 0 Å². The average molecular weight is 231 g/mol. The van der Waals surface area contributed by atoms with Crippen molar-refractivity contribution in [3.63, 3.8) is 0 Å². The van der Waals surface area contributed by atoms with Crippen LogP contribution in [0.2, 0.25) is 0 Å². The van der Waals surface area contributed by atoms with Gasteiger partial charge in [0.2, 0.25) is 5.91 Å². The number of carboxylic acids is 1. The number of nitrogens with two attached hydrogens (primary N) is 1. The van der Waals surface area contributed by atoms with Gasteiger partial charge in [-0.2, -0.15) is 0 Å². The molecule has 0 radical (unpaired) electrons. The number of carbonyl (C=O) groups is 3. The monoisotopic (exact) mass is 231 g/mol. The minimum Gasteiger partial charge on any atom is -0.480 e. The van der Waals surface area contributed by atoms with Crippen LogP contribution in [-0.2, 0) is 9.59 Å². The zero-order chi connectivity index (χ0) is 12.7. The summed E-state index contributed by atoms with van der Waals surface area (Å²) in [6.45, 7) is 3.45. The number of nitrogens with one attached hydrogen (secondary N) is 2. The Morgan fingerprint density at radius 3 is 2.25 bits per heavy atom. The minimum atomic E-state index is -1.10. The summed E-state index contributed by atoms with van der Waals surface area (Å²) in [5.74, 6) is -1.85. The largest absolute Gasteiger partial charge is 0.480 e. The Morgan fingerprint density at radius 2 is 1.88 bits per heavy atom. The lowest BCUT2D eigenvalue weighted by molar-refractivity contribution is -0.140. The fourth-order valence-electron chi connectivity index (χ4n) is 1.01. The molecule has 16 heavy (non-hydrogen) atoms. The molecule has 0 aromatic heterocycles. The number of carboxylic acid groups (broad SMARTS) is 1. The molecule has 0 spiro atoms. The van der Waals surface area contributed by atoms with Crippen LogP contribution in [0.4, 0.5) is 4.79 Å². The Bertz CT molecular complexity index is 278. The van der Waals surface area contributed by atoms with Gasteiger partial charge in [-0.3, -0.25) is 4.79 Å². The molecule has 7 nitrogen and oxygen atoms in total. The molecule has 0 rings (SSSR count). The van der Waals surface area contributed by atoms with Gasteiger partial charge in [-0.25, -0.2) is 9.59 Å². The Labute approximate surface area is 93.4 Å². The summed E-state index contributed by atoms with van der Waals surface area (Å²) in [7, 11) is 0. The summed E-state index contributed by atoms with van der Waals surface area (Å²) in [6.07, 6.45) is 0.0207. The first-order valence-corrected chi connectivity index (χ1v) is 4.90. The molecule has 0 bridgehead atoms. The number of amides is 3. The summed E-state index contributed by atoms with van der Waals surface area (Å²) >= 11 is 0. The molecular weight excluding hydrogens is 214 g/mol. The highest BCUT2D eigenvalue weighted by molar-refractivity contribution is 5.83. The van der Waals surface area contributed by atoms with Gasteiger partial charge in [-0.05, 0) is 5.92 Å².